The Labute approximate surface area is 104 Å². The van der Waals surface area contributed by atoms with Crippen molar-refractivity contribution in [2.24, 2.45) is 0 Å². The minimum absolute atomic E-state index is 0.0287. The molecule has 0 amide bonds. The maximum absolute atomic E-state index is 11.7. The third kappa shape index (κ3) is 2.19. The number of ether oxygens (including phenoxy) is 1. The number of carbonyl (C=O) groups excluding carboxylic acids is 1. The Morgan fingerprint density at radius 3 is 2.67 bits per heavy atom. The first-order valence-electron chi connectivity index (χ1n) is 5.10. The van der Waals surface area contributed by atoms with Gasteiger partial charge in [-0.25, -0.2) is 13.2 Å². The summed E-state index contributed by atoms with van der Waals surface area (Å²) < 4.78 is 28.0. The summed E-state index contributed by atoms with van der Waals surface area (Å²) >= 11 is 0. The van der Waals surface area contributed by atoms with Crippen LogP contribution in [0.3, 0.4) is 0 Å². The van der Waals surface area contributed by atoms with Crippen molar-refractivity contribution >= 4 is 26.7 Å². The molecule has 0 N–H and O–H groups in total. The van der Waals surface area contributed by atoms with E-state index in [0.29, 0.717) is 10.9 Å². The first kappa shape index (κ1) is 12.5. The van der Waals surface area contributed by atoms with Crippen molar-refractivity contribution in [2.45, 2.75) is 4.90 Å². The van der Waals surface area contributed by atoms with Crippen LogP contribution in [0.15, 0.2) is 35.4 Å². The molecule has 5 nitrogen and oxygen atoms in total. The Morgan fingerprint density at radius 2 is 2.06 bits per heavy atom. The molecular formula is C12H11NO4S. The Kier molecular flexibility index (Phi) is 3.04. The molecular weight excluding hydrogens is 254 g/mol. The van der Waals surface area contributed by atoms with Gasteiger partial charge in [-0.1, -0.05) is 6.07 Å². The summed E-state index contributed by atoms with van der Waals surface area (Å²) in [7, 11) is -2.22. The van der Waals surface area contributed by atoms with Crippen molar-refractivity contribution in [1.29, 1.82) is 0 Å². The fourth-order valence-corrected chi connectivity index (χ4v) is 2.54. The van der Waals surface area contributed by atoms with Crippen molar-refractivity contribution in [2.75, 3.05) is 13.4 Å². The molecule has 0 atom stereocenters. The summed E-state index contributed by atoms with van der Waals surface area (Å²) in [6.45, 7) is 0. The molecule has 0 radical (unpaired) electrons. The number of pyridine rings is 1. The van der Waals surface area contributed by atoms with E-state index in [2.05, 4.69) is 9.72 Å². The number of hydrogen-bond donors (Lipinski definition) is 0. The average molecular weight is 265 g/mol. The van der Waals surface area contributed by atoms with Crippen molar-refractivity contribution < 1.29 is 17.9 Å². The summed E-state index contributed by atoms with van der Waals surface area (Å²) in [5.41, 5.74) is 0.547. The fourth-order valence-electron chi connectivity index (χ4n) is 1.68. The number of rotatable bonds is 2. The van der Waals surface area contributed by atoms with Crippen molar-refractivity contribution in [3.63, 3.8) is 0 Å². The molecule has 18 heavy (non-hydrogen) atoms. The summed E-state index contributed by atoms with van der Waals surface area (Å²) in [4.78, 5) is 15.6. The van der Waals surface area contributed by atoms with Gasteiger partial charge in [0.05, 0.1) is 23.1 Å². The summed E-state index contributed by atoms with van der Waals surface area (Å²) in [6, 6.07) is 6.22. The third-order valence-electron chi connectivity index (χ3n) is 2.49. The monoisotopic (exact) mass is 265 g/mol. The van der Waals surface area contributed by atoms with Crippen LogP contribution in [0.1, 0.15) is 10.4 Å². The number of nitrogens with zero attached hydrogens (tertiary/aromatic N) is 1. The molecule has 0 saturated heterocycles. The second-order valence-electron chi connectivity index (χ2n) is 3.81. The molecule has 0 saturated carbocycles. The zero-order valence-electron chi connectivity index (χ0n) is 9.88. The van der Waals surface area contributed by atoms with Gasteiger partial charge in [-0.2, -0.15) is 0 Å². The second-order valence-corrected chi connectivity index (χ2v) is 5.80. The number of aromatic nitrogens is 1. The van der Waals surface area contributed by atoms with Crippen LogP contribution >= 0.6 is 0 Å². The van der Waals surface area contributed by atoms with Crippen LogP contribution in [-0.4, -0.2) is 32.7 Å². The summed E-state index contributed by atoms with van der Waals surface area (Å²) in [6.07, 6.45) is 2.59. The summed E-state index contributed by atoms with van der Waals surface area (Å²) in [5, 5.41) is 0.584. The van der Waals surface area contributed by atoms with Crippen molar-refractivity contribution in [3.8, 4) is 0 Å². The molecule has 94 valence electrons. The standard InChI is InChI=1S/C12H11NO4S/c1-17-12(14)9-6-8-4-3-5-13-11(8)10(7-9)18(2,15)16/h3-7H,1-2H3. The van der Waals surface area contributed by atoms with Gasteiger partial charge in [-0.15, -0.1) is 0 Å². The predicted octanol–water partition coefficient (Wildman–Crippen LogP) is 1.42. The van der Waals surface area contributed by atoms with Gasteiger partial charge in [-0.05, 0) is 18.2 Å². The number of benzene rings is 1. The molecule has 0 bridgehead atoms. The van der Waals surface area contributed by atoms with Gasteiger partial charge < -0.3 is 4.74 Å². The van der Waals surface area contributed by atoms with Crippen LogP contribution < -0.4 is 0 Å². The van der Waals surface area contributed by atoms with Crippen LogP contribution in [0.5, 0.6) is 0 Å². The van der Waals surface area contributed by atoms with E-state index in [9.17, 15) is 13.2 Å². The largest absolute Gasteiger partial charge is 0.465 e. The van der Waals surface area contributed by atoms with Crippen LogP contribution in [0.2, 0.25) is 0 Å². The Morgan fingerprint density at radius 1 is 1.33 bits per heavy atom. The Balaban J connectivity index is 2.85. The molecule has 0 aliphatic rings. The number of hydrogen-bond acceptors (Lipinski definition) is 5. The number of methoxy groups -OCH3 is 1. The van der Waals surface area contributed by atoms with E-state index in [-0.39, 0.29) is 10.5 Å². The highest BCUT2D eigenvalue weighted by Crippen LogP contribution is 2.23. The molecule has 1 aromatic heterocycles. The quantitative estimate of drug-likeness (QED) is 0.768. The van der Waals surface area contributed by atoms with Gasteiger partial charge in [0.15, 0.2) is 9.84 Å². The van der Waals surface area contributed by atoms with E-state index < -0.39 is 15.8 Å². The number of esters is 1. The van der Waals surface area contributed by atoms with Crippen LogP contribution in [0.25, 0.3) is 10.9 Å². The van der Waals surface area contributed by atoms with Crippen molar-refractivity contribution in [1.82, 2.24) is 4.98 Å². The number of carbonyl (C=O) groups is 1. The van der Waals surface area contributed by atoms with Gasteiger partial charge in [-0.3, -0.25) is 4.98 Å². The zero-order valence-corrected chi connectivity index (χ0v) is 10.7. The van der Waals surface area contributed by atoms with E-state index in [0.717, 1.165) is 6.26 Å². The molecule has 0 unspecified atom stereocenters. The molecule has 1 heterocycles. The van der Waals surface area contributed by atoms with E-state index in [1.54, 1.807) is 18.2 Å². The highest BCUT2D eigenvalue weighted by molar-refractivity contribution is 7.91. The van der Waals surface area contributed by atoms with E-state index in [1.165, 1.54) is 19.4 Å². The molecule has 2 aromatic rings. The van der Waals surface area contributed by atoms with Crippen LogP contribution in [0, 0.1) is 0 Å². The van der Waals surface area contributed by atoms with E-state index in [4.69, 9.17) is 0 Å². The third-order valence-corrected chi connectivity index (χ3v) is 3.60. The van der Waals surface area contributed by atoms with Gasteiger partial charge in [0, 0.05) is 17.8 Å². The lowest BCUT2D eigenvalue weighted by atomic mass is 10.1. The first-order valence-corrected chi connectivity index (χ1v) is 7.00. The van der Waals surface area contributed by atoms with Crippen molar-refractivity contribution in [3.05, 3.63) is 36.0 Å². The minimum Gasteiger partial charge on any atom is -0.465 e. The Hall–Kier alpha value is -1.95. The van der Waals surface area contributed by atoms with Gasteiger partial charge in [0.25, 0.3) is 0 Å². The molecule has 0 fully saturated rings. The summed E-state index contributed by atoms with van der Waals surface area (Å²) in [5.74, 6) is -0.578. The maximum Gasteiger partial charge on any atom is 0.337 e. The first-order chi connectivity index (χ1) is 8.43. The maximum atomic E-state index is 11.7. The van der Waals surface area contributed by atoms with Crippen LogP contribution in [0.4, 0.5) is 0 Å². The predicted molar refractivity (Wildman–Crippen MR) is 66.2 cm³/mol. The SMILES string of the molecule is COC(=O)c1cc(S(C)(=O)=O)c2ncccc2c1. The average Bonchev–Trinajstić information content (AvgIpc) is 2.35. The molecule has 1 aromatic carbocycles. The van der Waals surface area contributed by atoms with Gasteiger partial charge in [0.1, 0.15) is 0 Å². The van der Waals surface area contributed by atoms with Gasteiger partial charge in [0.2, 0.25) is 0 Å². The molecule has 0 spiro atoms. The molecule has 2 rings (SSSR count). The highest BCUT2D eigenvalue weighted by Gasteiger charge is 2.17. The zero-order chi connectivity index (χ0) is 13.3. The molecule has 6 heteroatoms. The normalized spacial score (nSPS) is 11.4. The van der Waals surface area contributed by atoms with Gasteiger partial charge >= 0.3 is 5.97 Å². The highest BCUT2D eigenvalue weighted by atomic mass is 32.2. The smallest absolute Gasteiger partial charge is 0.337 e. The molecule has 0 aliphatic carbocycles. The second kappa shape index (κ2) is 4.38. The minimum atomic E-state index is -3.46. The lowest BCUT2D eigenvalue weighted by molar-refractivity contribution is 0.0600. The fraction of sp³-hybridized carbons (Fsp3) is 0.167. The van der Waals surface area contributed by atoms with E-state index in [1.807, 2.05) is 0 Å². The number of sulfone groups is 1. The lowest BCUT2D eigenvalue weighted by Crippen LogP contribution is -2.06. The van der Waals surface area contributed by atoms with E-state index >= 15 is 0 Å². The lowest BCUT2D eigenvalue weighted by Gasteiger charge is -2.06. The topological polar surface area (TPSA) is 73.3 Å². The number of fused-ring (bicyclic) bond motifs is 1. The Bertz CT molecular complexity index is 722. The van der Waals surface area contributed by atoms with Crippen LogP contribution in [-0.2, 0) is 14.6 Å². The molecule has 0 aliphatic heterocycles.